The van der Waals surface area contributed by atoms with Crippen LogP contribution in [0.15, 0.2) is 71.4 Å². The van der Waals surface area contributed by atoms with Gasteiger partial charge in [0.25, 0.3) is 5.56 Å². The van der Waals surface area contributed by atoms with E-state index in [1.165, 1.54) is 42.6 Å². The Bertz CT molecular complexity index is 1500. The predicted octanol–water partition coefficient (Wildman–Crippen LogP) is 3.18. The molecule has 2 N–H and O–H groups in total. The van der Waals surface area contributed by atoms with Crippen LogP contribution in [0.1, 0.15) is 39.9 Å². The zero-order chi connectivity index (χ0) is 27.4. The summed E-state index contributed by atoms with van der Waals surface area (Å²) in [6.45, 7) is 0.189. The maximum Gasteiger partial charge on any atom is 0.304 e. The third-order valence-corrected chi connectivity index (χ3v) is 5.89. The largest absolute Gasteiger partial charge is 0.503 e. The highest BCUT2D eigenvalue weighted by Crippen LogP contribution is 2.16. The highest BCUT2D eigenvalue weighted by molar-refractivity contribution is 6.08. The van der Waals surface area contributed by atoms with Crippen molar-refractivity contribution in [2.45, 2.75) is 25.8 Å². The number of nitrogens with zero attached hydrogens (tertiary/aromatic N) is 2. The highest BCUT2D eigenvalue weighted by Gasteiger charge is 2.24. The fourth-order valence-corrected chi connectivity index (χ4v) is 3.97. The first kappa shape index (κ1) is 26.4. The molecule has 0 unspecified atom stereocenters. The van der Waals surface area contributed by atoms with E-state index >= 15 is 0 Å². The smallest absolute Gasteiger partial charge is 0.304 e. The van der Waals surface area contributed by atoms with E-state index in [9.17, 15) is 37.5 Å². The lowest BCUT2D eigenvalue weighted by Gasteiger charge is -2.16. The number of ketones is 1. The molecule has 2 amide bonds. The summed E-state index contributed by atoms with van der Waals surface area (Å²) in [6, 6.07) is 9.52. The Morgan fingerprint density at radius 1 is 0.974 bits per heavy atom. The molecule has 4 rings (SSSR count). The quantitative estimate of drug-likeness (QED) is 0.267. The van der Waals surface area contributed by atoms with Gasteiger partial charge in [-0.3, -0.25) is 29.6 Å². The monoisotopic (exact) mass is 525 g/mol. The van der Waals surface area contributed by atoms with Crippen molar-refractivity contribution in [2.75, 3.05) is 6.54 Å². The Labute approximate surface area is 214 Å². The molecular weight excluding hydrogens is 503 g/mol. The molecule has 1 saturated heterocycles. The number of carbonyl (C=O) groups excluding carboxylic acids is 3. The van der Waals surface area contributed by atoms with Crippen LogP contribution in [0.2, 0.25) is 0 Å². The number of rotatable bonds is 8. The van der Waals surface area contributed by atoms with E-state index in [0.29, 0.717) is 29.7 Å². The normalized spacial score (nSPS) is 13.6. The molecular formula is C27H22F3N3O5. The van der Waals surface area contributed by atoms with Crippen molar-refractivity contribution in [3.8, 4) is 0 Å². The van der Waals surface area contributed by atoms with Crippen molar-refractivity contribution in [1.82, 2.24) is 15.0 Å². The molecule has 38 heavy (non-hydrogen) atoms. The molecule has 0 spiro atoms. The number of amides is 2. The predicted molar refractivity (Wildman–Crippen MR) is 130 cm³/mol. The van der Waals surface area contributed by atoms with Gasteiger partial charge in [-0.15, -0.1) is 0 Å². The summed E-state index contributed by atoms with van der Waals surface area (Å²) in [7, 11) is 0. The first-order valence-electron chi connectivity index (χ1n) is 11.6. The van der Waals surface area contributed by atoms with Gasteiger partial charge in [0.1, 0.15) is 17.5 Å². The van der Waals surface area contributed by atoms with Crippen LogP contribution in [0.25, 0.3) is 0 Å². The van der Waals surface area contributed by atoms with Crippen LogP contribution in [0.3, 0.4) is 0 Å². The summed E-state index contributed by atoms with van der Waals surface area (Å²) in [5, 5.41) is 11.2. The first-order valence-corrected chi connectivity index (χ1v) is 11.6. The fourth-order valence-electron chi connectivity index (χ4n) is 3.97. The minimum Gasteiger partial charge on any atom is -0.503 e. The van der Waals surface area contributed by atoms with Gasteiger partial charge in [-0.25, -0.2) is 13.2 Å². The molecule has 0 radical (unpaired) electrons. The van der Waals surface area contributed by atoms with E-state index in [-0.39, 0.29) is 37.4 Å². The van der Waals surface area contributed by atoms with Gasteiger partial charge < -0.3 is 9.67 Å². The van der Waals surface area contributed by atoms with E-state index in [4.69, 9.17) is 0 Å². The summed E-state index contributed by atoms with van der Waals surface area (Å²) in [5.41, 5.74) is 1.93. The molecule has 0 aliphatic carbocycles. The minimum atomic E-state index is -1.11. The van der Waals surface area contributed by atoms with Crippen LogP contribution in [-0.2, 0) is 22.6 Å². The second kappa shape index (κ2) is 11.2. The lowest BCUT2D eigenvalue weighted by atomic mass is 10.0. The standard InChI is InChI=1S/C27H22F3N3O5/c28-19-6-3-16(4-7-19)14-32-15-17(10-18-5-8-20(29)12-22(18)30)11-21(27(32)38)23(34)13-24(35)26(37)31-33-9-1-2-25(33)36/h3-8,11-13,15,35H,1-2,9-10,14H2,(H,31,37)/b24-13-. The van der Waals surface area contributed by atoms with Gasteiger partial charge in [-0.05, 0) is 47.4 Å². The van der Waals surface area contributed by atoms with E-state index in [2.05, 4.69) is 5.43 Å². The number of allylic oxidation sites excluding steroid dienone is 1. The van der Waals surface area contributed by atoms with Crippen LogP contribution in [0.5, 0.6) is 0 Å². The molecule has 1 aliphatic rings. The van der Waals surface area contributed by atoms with Gasteiger partial charge in [0.2, 0.25) is 5.91 Å². The lowest BCUT2D eigenvalue weighted by molar-refractivity contribution is -0.137. The van der Waals surface area contributed by atoms with Gasteiger partial charge in [-0.2, -0.15) is 0 Å². The molecule has 1 fully saturated rings. The third-order valence-electron chi connectivity index (χ3n) is 5.89. The number of aromatic nitrogens is 1. The Morgan fingerprint density at radius 3 is 2.34 bits per heavy atom. The van der Waals surface area contributed by atoms with Gasteiger partial charge in [0.15, 0.2) is 11.5 Å². The maximum atomic E-state index is 14.3. The number of carbonyl (C=O) groups is 3. The Balaban J connectivity index is 1.67. The van der Waals surface area contributed by atoms with Crippen molar-refractivity contribution >= 4 is 17.6 Å². The van der Waals surface area contributed by atoms with Gasteiger partial charge in [0.05, 0.1) is 12.1 Å². The summed E-state index contributed by atoms with van der Waals surface area (Å²) in [5.74, 6) is -5.55. The fraction of sp³-hybridized carbons (Fsp3) is 0.185. The van der Waals surface area contributed by atoms with Crippen molar-refractivity contribution in [3.05, 3.63) is 117 Å². The molecule has 11 heteroatoms. The molecule has 0 bridgehead atoms. The van der Waals surface area contributed by atoms with Gasteiger partial charge >= 0.3 is 5.91 Å². The lowest BCUT2D eigenvalue weighted by Crippen LogP contribution is -2.43. The number of nitrogens with one attached hydrogen (secondary N) is 1. The number of hydrazine groups is 1. The number of halogens is 3. The zero-order valence-electron chi connectivity index (χ0n) is 19.9. The van der Waals surface area contributed by atoms with Crippen LogP contribution in [0.4, 0.5) is 13.2 Å². The van der Waals surface area contributed by atoms with Crippen molar-refractivity contribution in [3.63, 3.8) is 0 Å². The minimum absolute atomic E-state index is 0.0631. The summed E-state index contributed by atoms with van der Waals surface area (Å²) >= 11 is 0. The second-order valence-electron chi connectivity index (χ2n) is 8.72. The third kappa shape index (κ3) is 6.17. The van der Waals surface area contributed by atoms with E-state index < -0.39 is 46.0 Å². The van der Waals surface area contributed by atoms with Crippen molar-refractivity contribution < 1.29 is 32.7 Å². The van der Waals surface area contributed by atoms with E-state index in [0.717, 1.165) is 15.6 Å². The molecule has 0 saturated carbocycles. The van der Waals surface area contributed by atoms with Crippen molar-refractivity contribution in [1.29, 1.82) is 0 Å². The number of benzene rings is 2. The summed E-state index contributed by atoms with van der Waals surface area (Å²) in [4.78, 5) is 50.0. The summed E-state index contributed by atoms with van der Waals surface area (Å²) in [6.07, 6.45) is 2.59. The van der Waals surface area contributed by atoms with E-state index in [1.54, 1.807) is 0 Å². The SMILES string of the molecule is O=C(NN1CCCC1=O)/C(O)=C/C(=O)c1cc(Cc2ccc(F)cc2F)cn(Cc2ccc(F)cc2)c1=O. The number of aliphatic hydroxyl groups is 1. The molecule has 0 atom stereocenters. The second-order valence-corrected chi connectivity index (χ2v) is 8.72. The molecule has 8 nitrogen and oxygen atoms in total. The van der Waals surface area contributed by atoms with Crippen LogP contribution < -0.4 is 11.0 Å². The topological polar surface area (TPSA) is 109 Å². The Hall–Kier alpha value is -4.67. The average Bonchev–Trinajstić information content (AvgIpc) is 3.28. The Kier molecular flexibility index (Phi) is 7.75. The van der Waals surface area contributed by atoms with Crippen LogP contribution >= 0.6 is 0 Å². The van der Waals surface area contributed by atoms with Crippen LogP contribution in [0, 0.1) is 17.5 Å². The Morgan fingerprint density at radius 2 is 1.68 bits per heavy atom. The zero-order valence-corrected chi connectivity index (χ0v) is 19.9. The molecule has 1 aromatic heterocycles. The van der Waals surface area contributed by atoms with Crippen molar-refractivity contribution in [2.24, 2.45) is 0 Å². The number of hydrogen-bond acceptors (Lipinski definition) is 5. The molecule has 196 valence electrons. The number of pyridine rings is 1. The molecule has 3 aromatic rings. The average molecular weight is 525 g/mol. The van der Waals surface area contributed by atoms with Gasteiger partial charge in [-0.1, -0.05) is 18.2 Å². The molecule has 2 aromatic carbocycles. The molecule has 2 heterocycles. The van der Waals surface area contributed by atoms with E-state index in [1.807, 2.05) is 0 Å². The molecule has 1 aliphatic heterocycles. The number of aliphatic hydroxyl groups excluding tert-OH is 1. The maximum absolute atomic E-state index is 14.3. The van der Waals surface area contributed by atoms with Crippen LogP contribution in [-0.4, -0.2) is 38.8 Å². The summed E-state index contributed by atoms with van der Waals surface area (Å²) < 4.78 is 42.1. The number of hydrogen-bond donors (Lipinski definition) is 2. The first-order chi connectivity index (χ1) is 18.1. The van der Waals surface area contributed by atoms with Gasteiger partial charge in [0, 0.05) is 37.7 Å². The highest BCUT2D eigenvalue weighted by atomic mass is 19.1.